The van der Waals surface area contributed by atoms with Gasteiger partial charge in [-0.3, -0.25) is 4.98 Å². The first kappa shape index (κ1) is 18.1. The molecule has 2 aliphatic rings. The minimum atomic E-state index is -1.18. The van der Waals surface area contributed by atoms with Crippen LogP contribution in [0.4, 0.5) is 0 Å². The molecule has 2 aromatic rings. The molecule has 1 saturated heterocycles. The molecule has 144 valence electrons. The first-order valence-electron chi connectivity index (χ1n) is 8.84. The number of hydrogen-bond donors (Lipinski definition) is 3. The summed E-state index contributed by atoms with van der Waals surface area (Å²) in [7, 11) is -1.03. The van der Waals surface area contributed by atoms with Crippen LogP contribution in [0.1, 0.15) is 21.5 Å². The monoisotopic (exact) mass is 383 g/mol. The largest absolute Gasteiger partial charge is 0.535 e. The van der Waals surface area contributed by atoms with Gasteiger partial charge in [-0.1, -0.05) is 11.2 Å². The Morgan fingerprint density at radius 3 is 2.86 bits per heavy atom. The zero-order chi connectivity index (χ0) is 19.7. The standard InChI is InChI=1S/C18H18BN3O6/c23-18(24)15-14(4-3-11-5-6-19(25)28-16(11)15)27-13-9-22(10-13)17(21-26)12-2-1-7-20-8-12/h1-4,7-8,13,25-26H,5-6,9-10H2,(H,23,24). The number of carboxylic acid groups (broad SMARTS) is 1. The van der Waals surface area contributed by atoms with Crippen molar-refractivity contribution in [2.75, 3.05) is 13.1 Å². The Balaban J connectivity index is 1.49. The summed E-state index contributed by atoms with van der Waals surface area (Å²) in [6.07, 6.45) is 3.90. The van der Waals surface area contributed by atoms with Crippen LogP contribution in [0, 0.1) is 0 Å². The third-order valence-electron chi connectivity index (χ3n) is 4.79. The number of ether oxygens (including phenoxy) is 1. The number of amidine groups is 1. The van der Waals surface area contributed by atoms with Crippen molar-refractivity contribution in [3.63, 3.8) is 0 Å². The van der Waals surface area contributed by atoms with E-state index in [1.54, 1.807) is 41.6 Å². The van der Waals surface area contributed by atoms with E-state index in [9.17, 15) is 20.1 Å². The molecule has 1 aromatic carbocycles. The van der Waals surface area contributed by atoms with Crippen LogP contribution >= 0.6 is 0 Å². The second-order valence-corrected chi connectivity index (χ2v) is 6.65. The molecule has 10 heteroatoms. The molecule has 1 fully saturated rings. The second-order valence-electron chi connectivity index (χ2n) is 6.65. The molecule has 3 heterocycles. The van der Waals surface area contributed by atoms with Crippen molar-refractivity contribution in [1.82, 2.24) is 9.88 Å². The highest BCUT2D eigenvalue weighted by Crippen LogP contribution is 2.37. The lowest BCUT2D eigenvalue weighted by Crippen LogP contribution is -2.56. The summed E-state index contributed by atoms with van der Waals surface area (Å²) < 4.78 is 11.2. The number of pyridine rings is 1. The Morgan fingerprint density at radius 2 is 2.18 bits per heavy atom. The second kappa shape index (κ2) is 7.39. The molecule has 0 spiro atoms. The Bertz CT molecular complexity index is 917. The summed E-state index contributed by atoms with van der Waals surface area (Å²) in [5.41, 5.74) is 1.32. The van der Waals surface area contributed by atoms with Crippen molar-refractivity contribution in [3.8, 4) is 11.5 Å². The van der Waals surface area contributed by atoms with Gasteiger partial charge >= 0.3 is 13.1 Å². The van der Waals surface area contributed by atoms with Crippen LogP contribution in [-0.2, 0) is 6.42 Å². The highest BCUT2D eigenvalue weighted by molar-refractivity contribution is 6.44. The lowest BCUT2D eigenvalue weighted by Gasteiger charge is -2.40. The van der Waals surface area contributed by atoms with Gasteiger partial charge in [0.2, 0.25) is 0 Å². The fourth-order valence-corrected chi connectivity index (χ4v) is 3.38. The molecule has 1 aromatic heterocycles. The number of aryl methyl sites for hydroxylation is 1. The van der Waals surface area contributed by atoms with E-state index in [-0.39, 0.29) is 23.2 Å². The third-order valence-corrected chi connectivity index (χ3v) is 4.79. The maximum absolute atomic E-state index is 11.8. The number of fused-ring (bicyclic) bond motifs is 1. The number of oxime groups is 1. The van der Waals surface area contributed by atoms with Crippen LogP contribution in [-0.4, -0.2) is 63.3 Å². The van der Waals surface area contributed by atoms with E-state index >= 15 is 0 Å². The first-order valence-corrected chi connectivity index (χ1v) is 8.84. The van der Waals surface area contributed by atoms with Gasteiger partial charge in [-0.15, -0.1) is 0 Å². The summed E-state index contributed by atoms with van der Waals surface area (Å²) in [5, 5.41) is 32.0. The number of likely N-dealkylation sites (tertiary alicyclic amines) is 1. The molecule has 2 aliphatic heterocycles. The zero-order valence-corrected chi connectivity index (χ0v) is 14.9. The fraction of sp³-hybridized carbons (Fsp3) is 0.278. The number of carboxylic acids is 1. The molecule has 0 unspecified atom stereocenters. The number of hydrogen-bond acceptors (Lipinski definition) is 7. The van der Waals surface area contributed by atoms with Crippen molar-refractivity contribution in [3.05, 3.63) is 53.3 Å². The number of benzene rings is 1. The highest BCUT2D eigenvalue weighted by Gasteiger charge is 2.35. The topological polar surface area (TPSA) is 125 Å². The third kappa shape index (κ3) is 3.34. The lowest BCUT2D eigenvalue weighted by atomic mass is 9.78. The summed E-state index contributed by atoms with van der Waals surface area (Å²) in [4.78, 5) is 17.6. The van der Waals surface area contributed by atoms with Gasteiger partial charge in [0.25, 0.3) is 0 Å². The Morgan fingerprint density at radius 1 is 1.36 bits per heavy atom. The molecule has 0 atom stereocenters. The van der Waals surface area contributed by atoms with Crippen LogP contribution in [0.2, 0.25) is 6.32 Å². The van der Waals surface area contributed by atoms with Crippen molar-refractivity contribution >= 4 is 18.9 Å². The van der Waals surface area contributed by atoms with Gasteiger partial charge < -0.3 is 29.6 Å². The summed E-state index contributed by atoms with van der Waals surface area (Å²) in [6.45, 7) is 0.849. The minimum Gasteiger partial charge on any atom is -0.535 e. The molecule has 0 aliphatic carbocycles. The van der Waals surface area contributed by atoms with Crippen molar-refractivity contribution < 1.29 is 29.5 Å². The number of aromatic carboxylic acids is 1. The van der Waals surface area contributed by atoms with Crippen molar-refractivity contribution in [2.45, 2.75) is 18.8 Å². The maximum atomic E-state index is 11.8. The average molecular weight is 383 g/mol. The van der Waals surface area contributed by atoms with Crippen molar-refractivity contribution in [1.29, 1.82) is 0 Å². The van der Waals surface area contributed by atoms with Crippen LogP contribution in [0.5, 0.6) is 11.5 Å². The van der Waals surface area contributed by atoms with Gasteiger partial charge in [0, 0.05) is 18.0 Å². The number of aromatic nitrogens is 1. The molecular formula is C18H18BN3O6. The van der Waals surface area contributed by atoms with Crippen LogP contribution in [0.15, 0.2) is 41.8 Å². The van der Waals surface area contributed by atoms with E-state index in [1.165, 1.54) is 0 Å². The molecule has 9 nitrogen and oxygen atoms in total. The van der Waals surface area contributed by atoms with Crippen LogP contribution in [0.3, 0.4) is 0 Å². The van der Waals surface area contributed by atoms with Gasteiger partial charge in [-0.05, 0) is 36.5 Å². The van der Waals surface area contributed by atoms with Gasteiger partial charge in [-0.2, -0.15) is 0 Å². The zero-order valence-electron chi connectivity index (χ0n) is 14.9. The molecule has 0 bridgehead atoms. The van der Waals surface area contributed by atoms with E-state index in [1.807, 2.05) is 0 Å². The van der Waals surface area contributed by atoms with Gasteiger partial charge in [-0.25, -0.2) is 4.79 Å². The molecule has 0 amide bonds. The molecule has 0 saturated carbocycles. The SMILES string of the molecule is O=C(O)c1c(OC2CN(C(=NO)c3cccnc3)C2)ccc2c1OB(O)CC2. The Kier molecular flexibility index (Phi) is 4.78. The number of nitrogens with zero attached hydrogens (tertiary/aromatic N) is 3. The van der Waals surface area contributed by atoms with Crippen molar-refractivity contribution in [2.24, 2.45) is 5.16 Å². The normalized spacial score (nSPS) is 16.8. The Labute approximate surface area is 161 Å². The van der Waals surface area contributed by atoms with E-state index in [4.69, 9.17) is 9.39 Å². The summed E-state index contributed by atoms with van der Waals surface area (Å²) in [5.74, 6) is -0.449. The highest BCUT2D eigenvalue weighted by atomic mass is 16.5. The lowest BCUT2D eigenvalue weighted by molar-refractivity contribution is 0.0588. The van der Waals surface area contributed by atoms with E-state index in [0.29, 0.717) is 37.2 Å². The molecular weight excluding hydrogens is 365 g/mol. The quantitative estimate of drug-likeness (QED) is 0.236. The molecule has 4 rings (SSSR count). The molecule has 0 radical (unpaired) electrons. The first-order chi connectivity index (χ1) is 13.6. The van der Waals surface area contributed by atoms with Gasteiger partial charge in [0.1, 0.15) is 23.2 Å². The van der Waals surface area contributed by atoms with Crippen LogP contribution < -0.4 is 9.39 Å². The average Bonchev–Trinajstić information content (AvgIpc) is 2.66. The molecule has 28 heavy (non-hydrogen) atoms. The van der Waals surface area contributed by atoms with Gasteiger partial charge in [0.05, 0.1) is 13.1 Å². The summed E-state index contributed by atoms with van der Waals surface area (Å²) in [6, 6.07) is 6.91. The van der Waals surface area contributed by atoms with Gasteiger partial charge in [0.15, 0.2) is 5.84 Å². The predicted molar refractivity (Wildman–Crippen MR) is 99.1 cm³/mol. The summed E-state index contributed by atoms with van der Waals surface area (Å²) >= 11 is 0. The number of rotatable bonds is 4. The fourth-order valence-electron chi connectivity index (χ4n) is 3.38. The predicted octanol–water partition coefficient (Wildman–Crippen LogP) is 1.09. The maximum Gasteiger partial charge on any atom is 0.522 e. The van der Waals surface area contributed by atoms with E-state index in [0.717, 1.165) is 5.56 Å². The smallest absolute Gasteiger partial charge is 0.522 e. The Hall–Kier alpha value is -3.27. The number of carbonyl (C=O) groups is 1. The van der Waals surface area contributed by atoms with E-state index in [2.05, 4.69) is 10.1 Å². The van der Waals surface area contributed by atoms with E-state index < -0.39 is 13.1 Å². The minimum absolute atomic E-state index is 0.0852. The van der Waals surface area contributed by atoms with Crippen LogP contribution in [0.25, 0.3) is 0 Å². The molecule has 3 N–H and O–H groups in total.